The summed E-state index contributed by atoms with van der Waals surface area (Å²) >= 11 is 0. The predicted molar refractivity (Wildman–Crippen MR) is 75.9 cm³/mol. The SMILES string of the molecule is CCCNC(CO)(CN1CCS(=O)(=O)CC1)C1CC1. The van der Waals surface area contributed by atoms with Crippen molar-refractivity contribution in [2.24, 2.45) is 5.92 Å². The van der Waals surface area contributed by atoms with Crippen molar-refractivity contribution in [3.05, 3.63) is 0 Å². The monoisotopic (exact) mass is 290 g/mol. The molecule has 112 valence electrons. The van der Waals surface area contributed by atoms with Gasteiger partial charge in [0.15, 0.2) is 9.84 Å². The molecule has 1 aliphatic heterocycles. The topological polar surface area (TPSA) is 69.6 Å². The van der Waals surface area contributed by atoms with Crippen LogP contribution in [0.2, 0.25) is 0 Å². The Kier molecular flexibility index (Phi) is 4.87. The van der Waals surface area contributed by atoms with Crippen LogP contribution >= 0.6 is 0 Å². The molecule has 0 aromatic carbocycles. The summed E-state index contributed by atoms with van der Waals surface area (Å²) in [5.74, 6) is 1.06. The van der Waals surface area contributed by atoms with E-state index in [1.165, 1.54) is 12.8 Å². The molecule has 6 heteroatoms. The maximum absolute atomic E-state index is 11.5. The zero-order chi connectivity index (χ0) is 13.9. The number of sulfone groups is 1. The standard InChI is InChI=1S/C13H26N2O3S/c1-2-5-14-13(11-16,12-3-4-12)10-15-6-8-19(17,18)9-7-15/h12,14,16H,2-11H2,1H3. The van der Waals surface area contributed by atoms with E-state index in [1.807, 2.05) is 0 Å². The largest absolute Gasteiger partial charge is 0.394 e. The number of hydrogen-bond acceptors (Lipinski definition) is 5. The van der Waals surface area contributed by atoms with Crippen molar-refractivity contribution in [3.63, 3.8) is 0 Å². The first kappa shape index (κ1) is 15.2. The quantitative estimate of drug-likeness (QED) is 0.683. The number of hydrogen-bond donors (Lipinski definition) is 2. The Morgan fingerprint density at radius 2 is 1.95 bits per heavy atom. The van der Waals surface area contributed by atoms with Gasteiger partial charge in [-0.2, -0.15) is 0 Å². The summed E-state index contributed by atoms with van der Waals surface area (Å²) in [5, 5.41) is 13.4. The maximum Gasteiger partial charge on any atom is 0.152 e. The summed E-state index contributed by atoms with van der Waals surface area (Å²) in [6, 6.07) is 0. The van der Waals surface area contributed by atoms with Gasteiger partial charge in [0.05, 0.1) is 23.7 Å². The van der Waals surface area contributed by atoms with Gasteiger partial charge in [0.25, 0.3) is 0 Å². The number of rotatable bonds is 7. The van der Waals surface area contributed by atoms with Gasteiger partial charge in [0.1, 0.15) is 0 Å². The highest BCUT2D eigenvalue weighted by molar-refractivity contribution is 7.91. The van der Waals surface area contributed by atoms with Crippen molar-refractivity contribution >= 4 is 9.84 Å². The molecule has 5 nitrogen and oxygen atoms in total. The van der Waals surface area contributed by atoms with Gasteiger partial charge in [0.2, 0.25) is 0 Å². The normalized spacial score (nSPS) is 27.1. The van der Waals surface area contributed by atoms with Crippen LogP contribution in [0.3, 0.4) is 0 Å². The molecule has 0 aromatic rings. The van der Waals surface area contributed by atoms with E-state index in [4.69, 9.17) is 0 Å². The molecule has 1 unspecified atom stereocenters. The van der Waals surface area contributed by atoms with Crippen LogP contribution in [-0.4, -0.2) is 68.3 Å². The molecule has 2 fully saturated rings. The second kappa shape index (κ2) is 6.08. The molecular formula is C13H26N2O3S. The Labute approximate surface area is 116 Å². The van der Waals surface area contributed by atoms with Crippen molar-refractivity contribution in [2.75, 3.05) is 44.3 Å². The van der Waals surface area contributed by atoms with Gasteiger partial charge in [-0.1, -0.05) is 6.92 Å². The van der Waals surface area contributed by atoms with Crippen LogP contribution in [0.4, 0.5) is 0 Å². The van der Waals surface area contributed by atoms with Crippen LogP contribution in [0.15, 0.2) is 0 Å². The summed E-state index contributed by atoms with van der Waals surface area (Å²) in [6.07, 6.45) is 3.38. The molecule has 2 rings (SSSR count). The Balaban J connectivity index is 1.96. The van der Waals surface area contributed by atoms with Crippen LogP contribution in [0.1, 0.15) is 26.2 Å². The smallest absolute Gasteiger partial charge is 0.152 e. The molecule has 1 heterocycles. The Morgan fingerprint density at radius 3 is 2.42 bits per heavy atom. The number of nitrogens with zero attached hydrogens (tertiary/aromatic N) is 1. The van der Waals surface area contributed by atoms with E-state index in [0.717, 1.165) is 19.5 Å². The molecule has 1 atom stereocenters. The minimum atomic E-state index is -2.82. The first-order chi connectivity index (χ1) is 9.01. The van der Waals surface area contributed by atoms with Crippen molar-refractivity contribution in [1.82, 2.24) is 10.2 Å². The van der Waals surface area contributed by atoms with Crippen LogP contribution in [0.25, 0.3) is 0 Å². The molecule has 1 aliphatic carbocycles. The molecule has 0 radical (unpaired) electrons. The predicted octanol–water partition coefficient (Wildman–Crippen LogP) is -0.142. The first-order valence-electron chi connectivity index (χ1n) is 7.30. The highest BCUT2D eigenvalue weighted by Crippen LogP contribution is 2.40. The molecule has 19 heavy (non-hydrogen) atoms. The van der Waals surface area contributed by atoms with Crippen molar-refractivity contribution < 1.29 is 13.5 Å². The highest BCUT2D eigenvalue weighted by atomic mass is 32.2. The summed E-state index contributed by atoms with van der Waals surface area (Å²) in [5.41, 5.74) is -0.225. The van der Waals surface area contributed by atoms with Crippen LogP contribution in [0, 0.1) is 5.92 Å². The van der Waals surface area contributed by atoms with Crippen molar-refractivity contribution in [3.8, 4) is 0 Å². The summed E-state index contributed by atoms with van der Waals surface area (Å²) in [4.78, 5) is 2.19. The van der Waals surface area contributed by atoms with E-state index in [2.05, 4.69) is 17.1 Å². The molecule has 0 amide bonds. The number of nitrogens with one attached hydrogen (secondary N) is 1. The molecule has 0 spiro atoms. The van der Waals surface area contributed by atoms with E-state index in [-0.39, 0.29) is 23.7 Å². The van der Waals surface area contributed by atoms with E-state index in [9.17, 15) is 13.5 Å². The summed E-state index contributed by atoms with van der Waals surface area (Å²) in [6.45, 7) is 5.14. The van der Waals surface area contributed by atoms with Crippen LogP contribution in [-0.2, 0) is 9.84 Å². The minimum absolute atomic E-state index is 0.140. The third-order valence-corrected chi connectivity index (χ3v) is 5.92. The highest BCUT2D eigenvalue weighted by Gasteiger charge is 2.45. The minimum Gasteiger partial charge on any atom is -0.394 e. The van der Waals surface area contributed by atoms with Gasteiger partial charge in [-0.15, -0.1) is 0 Å². The van der Waals surface area contributed by atoms with Gasteiger partial charge in [0, 0.05) is 19.6 Å². The summed E-state index contributed by atoms with van der Waals surface area (Å²) in [7, 11) is -2.82. The first-order valence-corrected chi connectivity index (χ1v) is 9.12. The molecule has 2 N–H and O–H groups in total. The van der Waals surface area contributed by atoms with Crippen molar-refractivity contribution in [2.45, 2.75) is 31.7 Å². The number of aliphatic hydroxyl groups is 1. The van der Waals surface area contributed by atoms with E-state index in [0.29, 0.717) is 19.0 Å². The fourth-order valence-corrected chi connectivity index (χ4v) is 4.16. The summed E-state index contributed by atoms with van der Waals surface area (Å²) < 4.78 is 22.9. The molecule has 2 aliphatic rings. The van der Waals surface area contributed by atoms with Gasteiger partial charge < -0.3 is 10.4 Å². The molecule has 0 bridgehead atoms. The molecule has 1 saturated carbocycles. The van der Waals surface area contributed by atoms with Gasteiger partial charge in [-0.05, 0) is 31.7 Å². The lowest BCUT2D eigenvalue weighted by atomic mass is 9.93. The number of aliphatic hydroxyl groups excluding tert-OH is 1. The third kappa shape index (κ3) is 3.90. The molecule has 0 aromatic heterocycles. The van der Waals surface area contributed by atoms with Crippen molar-refractivity contribution in [1.29, 1.82) is 0 Å². The molecular weight excluding hydrogens is 264 g/mol. The van der Waals surface area contributed by atoms with E-state index >= 15 is 0 Å². The Bertz CT molecular complexity index is 381. The lowest BCUT2D eigenvalue weighted by molar-refractivity contribution is 0.0941. The average molecular weight is 290 g/mol. The third-order valence-electron chi connectivity index (χ3n) is 4.31. The maximum atomic E-state index is 11.5. The van der Waals surface area contributed by atoms with E-state index < -0.39 is 9.84 Å². The second-order valence-corrected chi connectivity index (χ2v) is 8.25. The lowest BCUT2D eigenvalue weighted by Crippen LogP contribution is -2.60. The zero-order valence-electron chi connectivity index (χ0n) is 11.8. The van der Waals surface area contributed by atoms with Gasteiger partial charge >= 0.3 is 0 Å². The fourth-order valence-electron chi connectivity index (χ4n) is 2.88. The fraction of sp³-hybridized carbons (Fsp3) is 1.00. The van der Waals surface area contributed by atoms with Gasteiger partial charge in [-0.25, -0.2) is 8.42 Å². The van der Waals surface area contributed by atoms with Crippen LogP contribution in [0.5, 0.6) is 0 Å². The Hall–Kier alpha value is -0.170. The second-order valence-electron chi connectivity index (χ2n) is 5.94. The van der Waals surface area contributed by atoms with Crippen LogP contribution < -0.4 is 5.32 Å². The zero-order valence-corrected chi connectivity index (χ0v) is 12.6. The average Bonchev–Trinajstić information content (AvgIpc) is 3.21. The van der Waals surface area contributed by atoms with E-state index in [1.54, 1.807) is 0 Å². The molecule has 1 saturated heterocycles. The lowest BCUT2D eigenvalue weighted by Gasteiger charge is -2.39. The Morgan fingerprint density at radius 1 is 1.32 bits per heavy atom. The van der Waals surface area contributed by atoms with Gasteiger partial charge in [-0.3, -0.25) is 4.90 Å².